The van der Waals surface area contributed by atoms with Gasteiger partial charge in [0, 0.05) is 29.8 Å². The van der Waals surface area contributed by atoms with Crippen LogP contribution in [0.2, 0.25) is 0 Å². The number of carbonyl (C=O) groups is 1. The van der Waals surface area contributed by atoms with Crippen LogP contribution in [-0.4, -0.2) is 35.7 Å². The smallest absolute Gasteiger partial charge is 0.152 e. The molecule has 19 heavy (non-hydrogen) atoms. The predicted octanol–water partition coefficient (Wildman–Crippen LogP) is 2.39. The van der Waals surface area contributed by atoms with Crippen molar-refractivity contribution in [2.75, 3.05) is 13.7 Å². The lowest BCUT2D eigenvalue weighted by atomic mass is 10.0. The first kappa shape index (κ1) is 13.5. The zero-order chi connectivity index (χ0) is 13.9. The number of carbonyl (C=O) groups excluding carboxylic acids is 1. The van der Waals surface area contributed by atoms with Gasteiger partial charge in [-0.15, -0.1) is 0 Å². The molecule has 0 spiro atoms. The third-order valence-electron chi connectivity index (χ3n) is 3.29. The van der Waals surface area contributed by atoms with E-state index >= 15 is 0 Å². The third-order valence-corrected chi connectivity index (χ3v) is 3.29. The second-order valence-corrected chi connectivity index (χ2v) is 4.64. The van der Waals surface area contributed by atoms with E-state index in [-0.39, 0.29) is 6.61 Å². The van der Waals surface area contributed by atoms with Gasteiger partial charge in [0.2, 0.25) is 0 Å². The van der Waals surface area contributed by atoms with Crippen molar-refractivity contribution in [1.29, 1.82) is 0 Å². The molecule has 0 saturated heterocycles. The first-order chi connectivity index (χ1) is 9.13. The minimum atomic E-state index is -0.722. The van der Waals surface area contributed by atoms with Gasteiger partial charge < -0.3 is 14.8 Å². The molecule has 0 fully saturated rings. The molecule has 1 heterocycles. The van der Waals surface area contributed by atoms with Crippen LogP contribution in [0.4, 0.5) is 0 Å². The molecule has 1 atom stereocenters. The summed E-state index contributed by atoms with van der Waals surface area (Å²) >= 11 is 0. The molecule has 1 unspecified atom stereocenters. The van der Waals surface area contributed by atoms with Gasteiger partial charge in [0.05, 0.1) is 6.61 Å². The summed E-state index contributed by atoms with van der Waals surface area (Å²) < 4.78 is 5.24. The monoisotopic (exact) mass is 259 g/mol. The average molecular weight is 259 g/mol. The van der Waals surface area contributed by atoms with Crippen LogP contribution in [0.3, 0.4) is 0 Å². The summed E-state index contributed by atoms with van der Waals surface area (Å²) in [4.78, 5) is 14.1. The molecule has 1 aromatic carbocycles. The highest BCUT2D eigenvalue weighted by Gasteiger charge is 2.18. The molecule has 2 rings (SSSR count). The van der Waals surface area contributed by atoms with Crippen molar-refractivity contribution < 1.29 is 14.6 Å². The summed E-state index contributed by atoms with van der Waals surface area (Å²) in [6.07, 6.45) is 6.18. The Labute approximate surface area is 111 Å². The molecule has 0 aliphatic heterocycles. The van der Waals surface area contributed by atoms with Gasteiger partial charge in [0.1, 0.15) is 5.60 Å². The van der Waals surface area contributed by atoms with Crippen molar-refractivity contribution in [3.63, 3.8) is 0 Å². The number of aromatic amines is 1. The van der Waals surface area contributed by atoms with Crippen LogP contribution in [0.25, 0.3) is 17.0 Å². The van der Waals surface area contributed by atoms with Gasteiger partial charge in [-0.3, -0.25) is 4.79 Å². The molecule has 0 amide bonds. The number of methoxy groups -OCH3 is 1. The highest BCUT2D eigenvalue weighted by molar-refractivity contribution is 6.01. The van der Waals surface area contributed by atoms with Crippen LogP contribution in [0.1, 0.15) is 22.8 Å². The maximum atomic E-state index is 11.0. The fourth-order valence-corrected chi connectivity index (χ4v) is 1.92. The molecule has 0 aliphatic carbocycles. The number of hydrogen-bond acceptors (Lipinski definition) is 3. The van der Waals surface area contributed by atoms with E-state index in [9.17, 15) is 9.90 Å². The topological polar surface area (TPSA) is 62.3 Å². The van der Waals surface area contributed by atoms with E-state index in [1.165, 1.54) is 0 Å². The fraction of sp³-hybridized carbons (Fsp3) is 0.267. The Hall–Kier alpha value is -1.91. The molecule has 0 saturated carbocycles. The summed E-state index contributed by atoms with van der Waals surface area (Å²) in [5, 5.41) is 10.2. The van der Waals surface area contributed by atoms with Crippen molar-refractivity contribution in [1.82, 2.24) is 4.98 Å². The van der Waals surface area contributed by atoms with Gasteiger partial charge in [-0.2, -0.15) is 0 Å². The molecular formula is C15H17NO3. The zero-order valence-electron chi connectivity index (χ0n) is 11.0. The van der Waals surface area contributed by atoms with E-state index in [1.807, 2.05) is 24.3 Å². The Balaban J connectivity index is 2.48. The normalized spacial score (nSPS) is 14.9. The lowest BCUT2D eigenvalue weighted by Gasteiger charge is -2.21. The largest absolute Gasteiger partial charge is 0.393 e. The summed E-state index contributed by atoms with van der Waals surface area (Å²) in [7, 11) is 1.55. The summed E-state index contributed by atoms with van der Waals surface area (Å²) in [6.45, 7) is 1.69. The zero-order valence-corrected chi connectivity index (χ0v) is 11.0. The lowest BCUT2D eigenvalue weighted by Crippen LogP contribution is -2.28. The quantitative estimate of drug-likeness (QED) is 0.810. The Morgan fingerprint density at radius 1 is 1.42 bits per heavy atom. The van der Waals surface area contributed by atoms with E-state index in [0.717, 1.165) is 22.8 Å². The molecule has 2 aromatic rings. The van der Waals surface area contributed by atoms with Crippen molar-refractivity contribution in [2.24, 2.45) is 0 Å². The van der Waals surface area contributed by atoms with E-state index in [4.69, 9.17) is 4.74 Å². The minimum absolute atomic E-state index is 0.107. The van der Waals surface area contributed by atoms with E-state index < -0.39 is 5.60 Å². The van der Waals surface area contributed by atoms with Crippen LogP contribution in [-0.2, 0) is 4.74 Å². The third kappa shape index (κ3) is 2.59. The second kappa shape index (κ2) is 5.38. The van der Waals surface area contributed by atoms with Crippen LogP contribution in [0.15, 0.2) is 30.5 Å². The Morgan fingerprint density at radius 2 is 2.21 bits per heavy atom. The summed E-state index contributed by atoms with van der Waals surface area (Å²) in [6, 6.07) is 5.75. The average Bonchev–Trinajstić information content (AvgIpc) is 2.88. The van der Waals surface area contributed by atoms with Crippen LogP contribution >= 0.6 is 0 Å². The summed E-state index contributed by atoms with van der Waals surface area (Å²) in [5.41, 5.74) is 1.73. The number of nitrogens with one attached hydrogen (secondary N) is 1. The van der Waals surface area contributed by atoms with Crippen LogP contribution < -0.4 is 0 Å². The molecule has 1 aromatic heterocycles. The molecule has 100 valence electrons. The molecule has 2 N–H and O–H groups in total. The Kier molecular flexibility index (Phi) is 3.83. The molecule has 0 bridgehead atoms. The maximum absolute atomic E-state index is 11.0. The van der Waals surface area contributed by atoms with E-state index in [0.29, 0.717) is 5.56 Å². The first-order valence-corrected chi connectivity index (χ1v) is 6.04. The minimum Gasteiger partial charge on any atom is -0.393 e. The molecule has 4 heteroatoms. The standard InChI is InChI=1S/C15H17NO3/c1-15(10-18,19-2)7-6-11-4-3-5-13-14(11)12(9-17)8-16-13/h3-9,16,18H,10H2,1-2H3/b7-6+. The van der Waals surface area contributed by atoms with E-state index in [2.05, 4.69) is 4.98 Å². The number of aliphatic hydroxyl groups excluding tert-OH is 1. The van der Waals surface area contributed by atoms with Gasteiger partial charge >= 0.3 is 0 Å². The second-order valence-electron chi connectivity index (χ2n) is 4.64. The predicted molar refractivity (Wildman–Crippen MR) is 75.2 cm³/mol. The lowest BCUT2D eigenvalue weighted by molar-refractivity contribution is 0.00104. The van der Waals surface area contributed by atoms with Crippen molar-refractivity contribution in [3.05, 3.63) is 41.6 Å². The number of H-pyrrole nitrogens is 1. The SMILES string of the molecule is COC(C)(/C=C/c1cccc2[nH]cc(C=O)c12)CO. The van der Waals surface area contributed by atoms with Crippen molar-refractivity contribution >= 4 is 23.3 Å². The Morgan fingerprint density at radius 3 is 2.84 bits per heavy atom. The highest BCUT2D eigenvalue weighted by atomic mass is 16.5. The number of fused-ring (bicyclic) bond motifs is 1. The molecular weight excluding hydrogens is 242 g/mol. The van der Waals surface area contributed by atoms with Crippen LogP contribution in [0, 0.1) is 0 Å². The number of rotatable bonds is 5. The van der Waals surface area contributed by atoms with Gasteiger partial charge in [-0.05, 0) is 18.6 Å². The number of aromatic nitrogens is 1. The van der Waals surface area contributed by atoms with Gasteiger partial charge in [-0.25, -0.2) is 0 Å². The number of aliphatic hydroxyl groups is 1. The fourth-order valence-electron chi connectivity index (χ4n) is 1.92. The summed E-state index contributed by atoms with van der Waals surface area (Å²) in [5.74, 6) is 0. The molecule has 0 aliphatic rings. The number of aldehydes is 1. The maximum Gasteiger partial charge on any atom is 0.152 e. The van der Waals surface area contributed by atoms with Crippen LogP contribution in [0.5, 0.6) is 0 Å². The number of benzene rings is 1. The van der Waals surface area contributed by atoms with Gasteiger partial charge in [-0.1, -0.05) is 24.3 Å². The van der Waals surface area contributed by atoms with Gasteiger partial charge in [0.15, 0.2) is 6.29 Å². The van der Waals surface area contributed by atoms with Gasteiger partial charge in [0.25, 0.3) is 0 Å². The Bertz CT molecular complexity index is 609. The first-order valence-electron chi connectivity index (χ1n) is 6.04. The molecule has 0 radical (unpaired) electrons. The highest BCUT2D eigenvalue weighted by Crippen LogP contribution is 2.24. The number of ether oxygens (including phenoxy) is 1. The number of hydrogen-bond donors (Lipinski definition) is 2. The van der Waals surface area contributed by atoms with Crippen molar-refractivity contribution in [2.45, 2.75) is 12.5 Å². The molecule has 4 nitrogen and oxygen atoms in total. The van der Waals surface area contributed by atoms with E-state index in [1.54, 1.807) is 26.3 Å². The van der Waals surface area contributed by atoms with Crippen molar-refractivity contribution in [3.8, 4) is 0 Å².